The summed E-state index contributed by atoms with van der Waals surface area (Å²) in [4.78, 5) is 35.6. The number of nitrogens with zero attached hydrogens (tertiary/aromatic N) is 3. The Morgan fingerprint density at radius 1 is 1.29 bits per heavy atom. The summed E-state index contributed by atoms with van der Waals surface area (Å²) < 4.78 is 28.9. The minimum atomic E-state index is -4.06. The number of sulfonamides is 1. The van der Waals surface area contributed by atoms with Gasteiger partial charge in [-0.2, -0.15) is 4.72 Å². The number of likely N-dealkylation sites (tertiary alicyclic amines) is 1. The predicted molar refractivity (Wildman–Crippen MR) is 131 cm³/mol. The molecule has 1 fully saturated rings. The topological polar surface area (TPSA) is 162 Å². The van der Waals surface area contributed by atoms with Gasteiger partial charge in [0.05, 0.1) is 10.9 Å². The van der Waals surface area contributed by atoms with Crippen molar-refractivity contribution in [2.75, 3.05) is 25.5 Å². The molecule has 35 heavy (non-hydrogen) atoms. The largest absolute Gasteiger partial charge is 0.480 e. The molecule has 2 heterocycles. The number of imidazole rings is 1. The molecule has 2 aromatic rings. The lowest BCUT2D eigenvalue weighted by Crippen LogP contribution is -2.56. The summed E-state index contributed by atoms with van der Waals surface area (Å²) in [6.07, 6.45) is 4.49. The minimum absolute atomic E-state index is 0.0123. The molecule has 1 unspecified atom stereocenters. The van der Waals surface area contributed by atoms with Crippen LogP contribution in [-0.2, 0) is 19.6 Å². The number of rotatable bonds is 10. The summed E-state index contributed by atoms with van der Waals surface area (Å²) in [5.41, 5.74) is 7.01. The van der Waals surface area contributed by atoms with Crippen LogP contribution in [0.5, 0.6) is 0 Å². The third kappa shape index (κ3) is 6.59. The molecule has 0 aliphatic carbocycles. The maximum Gasteiger partial charge on any atom is 0.326 e. The molecule has 1 aliphatic rings. The number of nitrogens with two attached hydrogens (primary N) is 1. The van der Waals surface area contributed by atoms with Crippen molar-refractivity contribution in [2.45, 2.75) is 55.6 Å². The van der Waals surface area contributed by atoms with Crippen LogP contribution in [0.15, 0.2) is 41.6 Å². The lowest BCUT2D eigenvalue weighted by molar-refractivity contribution is -0.153. The van der Waals surface area contributed by atoms with Crippen LogP contribution in [0, 0.1) is 5.92 Å². The number of aliphatic carboxylic acids is 1. The fraction of sp³-hybridized carbons (Fsp3) is 0.522. The first kappa shape index (κ1) is 26.6. The average Bonchev–Trinajstić information content (AvgIpc) is 3.36. The molecule has 5 N–H and O–H groups in total. The van der Waals surface area contributed by atoms with E-state index in [2.05, 4.69) is 14.7 Å². The van der Waals surface area contributed by atoms with Crippen LogP contribution in [0.1, 0.15) is 44.5 Å². The number of hydrogen-bond donors (Lipinski definition) is 4. The fourth-order valence-corrected chi connectivity index (χ4v) is 5.44. The normalized spacial score (nSPS) is 20.3. The number of carbonyl (C=O) groups excluding carboxylic acids is 1. The molecule has 0 radical (unpaired) electrons. The van der Waals surface area contributed by atoms with Crippen molar-refractivity contribution in [3.8, 4) is 0 Å². The van der Waals surface area contributed by atoms with E-state index >= 15 is 0 Å². The van der Waals surface area contributed by atoms with Crippen LogP contribution in [0.3, 0.4) is 0 Å². The smallest absolute Gasteiger partial charge is 0.326 e. The Balaban J connectivity index is 1.85. The van der Waals surface area contributed by atoms with Crippen molar-refractivity contribution in [1.29, 1.82) is 0 Å². The summed E-state index contributed by atoms with van der Waals surface area (Å²) in [5.74, 6) is -0.992. The van der Waals surface area contributed by atoms with Crippen molar-refractivity contribution in [2.24, 2.45) is 11.7 Å². The third-order valence-corrected chi connectivity index (χ3v) is 7.82. The van der Waals surface area contributed by atoms with Gasteiger partial charge in [0.2, 0.25) is 15.9 Å². The summed E-state index contributed by atoms with van der Waals surface area (Å²) >= 11 is 0. The van der Waals surface area contributed by atoms with Crippen molar-refractivity contribution < 1.29 is 23.1 Å². The molecule has 192 valence electrons. The fourth-order valence-electron chi connectivity index (χ4n) is 4.21. The highest BCUT2D eigenvalue weighted by molar-refractivity contribution is 7.89. The molecular weight excluding hydrogens is 472 g/mol. The van der Waals surface area contributed by atoms with E-state index in [1.54, 1.807) is 24.5 Å². The number of anilines is 1. The second kappa shape index (κ2) is 11.2. The summed E-state index contributed by atoms with van der Waals surface area (Å²) in [6.45, 7) is 2.19. The van der Waals surface area contributed by atoms with Crippen LogP contribution in [0.25, 0.3) is 0 Å². The summed E-state index contributed by atoms with van der Waals surface area (Å²) in [5, 5.41) is 9.71. The number of piperidine rings is 1. The van der Waals surface area contributed by atoms with E-state index in [1.807, 2.05) is 25.9 Å². The Hall–Kier alpha value is -2.96. The van der Waals surface area contributed by atoms with Crippen LogP contribution in [0.4, 0.5) is 5.69 Å². The van der Waals surface area contributed by atoms with Crippen molar-refractivity contribution >= 4 is 27.6 Å². The number of amides is 1. The van der Waals surface area contributed by atoms with Crippen LogP contribution in [-0.4, -0.2) is 73.0 Å². The second-order valence-corrected chi connectivity index (χ2v) is 10.9. The SMILES string of the molecule is C[C@@H]1CCN(C(=O)[C@H](CCC(N)c2ncc[nH]2)NS(=O)(=O)c2ccc(N(C)C)cc2)[C@@H](C(=O)O)C1. The molecule has 12 heteroatoms. The highest BCUT2D eigenvalue weighted by Gasteiger charge is 2.39. The zero-order valence-electron chi connectivity index (χ0n) is 20.2. The van der Waals surface area contributed by atoms with Crippen molar-refractivity contribution in [3.05, 3.63) is 42.5 Å². The first-order chi connectivity index (χ1) is 16.5. The van der Waals surface area contributed by atoms with Crippen LogP contribution < -0.4 is 15.4 Å². The van der Waals surface area contributed by atoms with Crippen molar-refractivity contribution in [3.63, 3.8) is 0 Å². The second-order valence-electron chi connectivity index (χ2n) is 9.24. The number of H-pyrrole nitrogens is 1. The van der Waals surface area contributed by atoms with E-state index in [4.69, 9.17) is 5.73 Å². The Morgan fingerprint density at radius 3 is 2.54 bits per heavy atom. The van der Waals surface area contributed by atoms with Gasteiger partial charge in [-0.1, -0.05) is 6.92 Å². The maximum atomic E-state index is 13.5. The number of aromatic nitrogens is 2. The predicted octanol–water partition coefficient (Wildman–Crippen LogP) is 1.31. The molecule has 4 atom stereocenters. The first-order valence-electron chi connectivity index (χ1n) is 11.6. The molecule has 1 aromatic carbocycles. The van der Waals surface area contributed by atoms with Crippen molar-refractivity contribution in [1.82, 2.24) is 19.6 Å². The number of hydrogen-bond acceptors (Lipinski definition) is 7. The van der Waals surface area contributed by atoms with Gasteiger partial charge >= 0.3 is 5.97 Å². The minimum Gasteiger partial charge on any atom is -0.480 e. The molecule has 3 rings (SSSR count). The maximum absolute atomic E-state index is 13.5. The van der Waals surface area contributed by atoms with Crippen LogP contribution in [0.2, 0.25) is 0 Å². The average molecular weight is 507 g/mol. The quantitative estimate of drug-likeness (QED) is 0.375. The Bertz CT molecular complexity index is 1100. The van der Waals surface area contributed by atoms with E-state index in [-0.39, 0.29) is 30.2 Å². The number of nitrogens with one attached hydrogen (secondary N) is 2. The van der Waals surface area contributed by atoms with Gasteiger partial charge in [-0.25, -0.2) is 18.2 Å². The molecule has 1 aromatic heterocycles. The van der Waals surface area contributed by atoms with Gasteiger partial charge in [-0.05, 0) is 55.9 Å². The zero-order valence-corrected chi connectivity index (χ0v) is 21.0. The molecule has 1 amide bonds. The van der Waals surface area contributed by atoms with E-state index in [0.29, 0.717) is 18.7 Å². The zero-order chi connectivity index (χ0) is 25.8. The van der Waals surface area contributed by atoms with Gasteiger partial charge in [-0.3, -0.25) is 4.79 Å². The lowest BCUT2D eigenvalue weighted by Gasteiger charge is -2.38. The molecule has 0 bridgehead atoms. The Labute approximate surface area is 205 Å². The number of carboxylic acid groups (broad SMARTS) is 1. The monoisotopic (exact) mass is 506 g/mol. The third-order valence-electron chi connectivity index (χ3n) is 6.33. The van der Waals surface area contributed by atoms with Crippen LogP contribution >= 0.6 is 0 Å². The van der Waals surface area contributed by atoms with Gasteiger partial charge in [0.1, 0.15) is 17.9 Å². The van der Waals surface area contributed by atoms with Gasteiger partial charge in [0.15, 0.2) is 0 Å². The Kier molecular flexibility index (Phi) is 8.51. The lowest BCUT2D eigenvalue weighted by atomic mass is 9.91. The van der Waals surface area contributed by atoms with Gasteiger partial charge in [-0.15, -0.1) is 0 Å². The molecule has 1 aliphatic heterocycles. The summed E-state index contributed by atoms with van der Waals surface area (Å²) in [6, 6.07) is 3.56. The molecular formula is C23H34N6O5S. The van der Waals surface area contributed by atoms with E-state index < -0.39 is 40.0 Å². The van der Waals surface area contributed by atoms with Gasteiger partial charge in [0, 0.05) is 38.7 Å². The number of carboxylic acids is 1. The number of carbonyl (C=O) groups is 2. The number of benzene rings is 1. The molecule has 1 saturated heterocycles. The first-order valence-corrected chi connectivity index (χ1v) is 13.1. The number of aromatic amines is 1. The van der Waals surface area contributed by atoms with E-state index in [0.717, 1.165) is 5.69 Å². The highest BCUT2D eigenvalue weighted by Crippen LogP contribution is 2.25. The van der Waals surface area contributed by atoms with E-state index in [9.17, 15) is 23.1 Å². The standard InChI is InChI=1S/C23H34N6O5S/c1-15-10-13-29(20(14-15)23(31)32)22(30)19(9-8-18(24)21-25-11-12-26-21)27-35(33,34)17-6-4-16(5-7-17)28(2)3/h4-7,11-12,15,18-20,27H,8-10,13-14,24H2,1-3H3,(H,25,26)(H,31,32)/t15-,18?,19+,20-/m1/s1. The molecule has 0 spiro atoms. The highest BCUT2D eigenvalue weighted by atomic mass is 32.2. The summed E-state index contributed by atoms with van der Waals surface area (Å²) in [7, 11) is -0.375. The van der Waals surface area contributed by atoms with E-state index in [1.165, 1.54) is 17.0 Å². The van der Waals surface area contributed by atoms with Gasteiger partial charge in [0.25, 0.3) is 0 Å². The Morgan fingerprint density at radius 2 is 1.97 bits per heavy atom. The molecule has 0 saturated carbocycles. The molecule has 11 nitrogen and oxygen atoms in total. The van der Waals surface area contributed by atoms with Gasteiger partial charge < -0.3 is 25.6 Å².